The standard InChI is InChI=1S/C17H22ClN5O/c1-11-5-4-6-23(10-11)17-21-16(9-19-22-17)20-14-7-12(2)13(18)8-15(14)24-3/h7-9,11H,4-6,10H2,1-3H3,(H,20,21,22). The fraction of sp³-hybridized carbons (Fsp3) is 0.471. The minimum atomic E-state index is 0.637. The average Bonchev–Trinajstić information content (AvgIpc) is 2.58. The molecule has 1 atom stereocenters. The number of rotatable bonds is 4. The topological polar surface area (TPSA) is 63.2 Å². The number of hydrogen-bond donors (Lipinski definition) is 1. The molecular formula is C17H22ClN5O. The Labute approximate surface area is 147 Å². The molecule has 1 saturated heterocycles. The highest BCUT2D eigenvalue weighted by molar-refractivity contribution is 6.31. The molecule has 0 saturated carbocycles. The summed E-state index contributed by atoms with van der Waals surface area (Å²) in [6.07, 6.45) is 4.02. The molecule has 1 aliphatic heterocycles. The molecule has 1 aromatic carbocycles. The average molecular weight is 348 g/mol. The fourth-order valence-electron chi connectivity index (χ4n) is 2.93. The number of methoxy groups -OCH3 is 1. The normalized spacial score (nSPS) is 17.7. The van der Waals surface area contributed by atoms with E-state index in [-0.39, 0.29) is 0 Å². The zero-order valence-electron chi connectivity index (χ0n) is 14.2. The molecule has 0 aliphatic carbocycles. The maximum atomic E-state index is 6.16. The van der Waals surface area contributed by atoms with Crippen LogP contribution in [0.4, 0.5) is 17.5 Å². The molecule has 0 radical (unpaired) electrons. The lowest BCUT2D eigenvalue weighted by molar-refractivity contribution is 0.416. The molecule has 1 fully saturated rings. The predicted molar refractivity (Wildman–Crippen MR) is 96.5 cm³/mol. The van der Waals surface area contributed by atoms with Crippen LogP contribution >= 0.6 is 11.6 Å². The summed E-state index contributed by atoms with van der Waals surface area (Å²) in [5, 5.41) is 12.2. The lowest BCUT2D eigenvalue weighted by Gasteiger charge is -2.30. The van der Waals surface area contributed by atoms with Crippen LogP contribution in [0.25, 0.3) is 0 Å². The van der Waals surface area contributed by atoms with Crippen molar-refractivity contribution in [1.82, 2.24) is 15.2 Å². The minimum Gasteiger partial charge on any atom is -0.495 e. The maximum absolute atomic E-state index is 6.16. The smallest absolute Gasteiger partial charge is 0.247 e. The molecule has 7 heteroatoms. The van der Waals surface area contributed by atoms with Crippen LogP contribution < -0.4 is 15.0 Å². The van der Waals surface area contributed by atoms with Gasteiger partial charge in [-0.25, -0.2) is 0 Å². The molecule has 3 rings (SSSR count). The van der Waals surface area contributed by atoms with Gasteiger partial charge in [0, 0.05) is 24.2 Å². The summed E-state index contributed by atoms with van der Waals surface area (Å²) in [6, 6.07) is 3.73. The number of piperidine rings is 1. The van der Waals surface area contributed by atoms with Crippen molar-refractivity contribution < 1.29 is 4.74 Å². The van der Waals surface area contributed by atoms with Gasteiger partial charge in [0.25, 0.3) is 0 Å². The molecule has 128 valence electrons. The van der Waals surface area contributed by atoms with Gasteiger partial charge in [0.2, 0.25) is 5.95 Å². The number of nitrogens with one attached hydrogen (secondary N) is 1. The highest BCUT2D eigenvalue weighted by Crippen LogP contribution is 2.32. The van der Waals surface area contributed by atoms with Gasteiger partial charge < -0.3 is 15.0 Å². The van der Waals surface area contributed by atoms with E-state index in [0.29, 0.717) is 28.5 Å². The minimum absolute atomic E-state index is 0.637. The number of nitrogens with zero attached hydrogens (tertiary/aromatic N) is 4. The third kappa shape index (κ3) is 3.70. The van der Waals surface area contributed by atoms with Gasteiger partial charge in [0.1, 0.15) is 5.75 Å². The van der Waals surface area contributed by atoms with Crippen LogP contribution in [0.15, 0.2) is 18.3 Å². The number of aromatic nitrogens is 3. The predicted octanol–water partition coefficient (Wildman–Crippen LogP) is 3.82. The molecule has 0 amide bonds. The molecule has 2 aromatic rings. The second-order valence-electron chi connectivity index (χ2n) is 6.26. The van der Waals surface area contributed by atoms with Gasteiger partial charge in [-0.05, 0) is 37.3 Å². The molecule has 0 bridgehead atoms. The summed E-state index contributed by atoms with van der Waals surface area (Å²) in [5.41, 5.74) is 1.77. The van der Waals surface area contributed by atoms with Crippen molar-refractivity contribution in [3.63, 3.8) is 0 Å². The van der Waals surface area contributed by atoms with Crippen LogP contribution in [0.2, 0.25) is 5.02 Å². The first-order valence-electron chi connectivity index (χ1n) is 8.12. The van der Waals surface area contributed by atoms with Crippen molar-refractivity contribution in [2.45, 2.75) is 26.7 Å². The van der Waals surface area contributed by atoms with E-state index in [2.05, 4.69) is 32.3 Å². The summed E-state index contributed by atoms with van der Waals surface area (Å²) in [5.74, 6) is 2.62. The van der Waals surface area contributed by atoms with E-state index in [0.717, 1.165) is 30.8 Å². The van der Waals surface area contributed by atoms with Crippen molar-refractivity contribution in [1.29, 1.82) is 0 Å². The summed E-state index contributed by atoms with van der Waals surface area (Å²) >= 11 is 6.16. The van der Waals surface area contributed by atoms with E-state index in [4.69, 9.17) is 16.3 Å². The number of anilines is 3. The Bertz CT molecular complexity index is 724. The van der Waals surface area contributed by atoms with Crippen LogP contribution in [0.5, 0.6) is 5.75 Å². The Morgan fingerprint density at radius 3 is 2.96 bits per heavy atom. The van der Waals surface area contributed by atoms with Crippen molar-refractivity contribution in [3.8, 4) is 5.75 Å². The summed E-state index contributed by atoms with van der Waals surface area (Å²) in [4.78, 5) is 6.80. The van der Waals surface area contributed by atoms with E-state index in [1.165, 1.54) is 6.42 Å². The largest absolute Gasteiger partial charge is 0.495 e. The Morgan fingerprint density at radius 2 is 2.21 bits per heavy atom. The zero-order valence-corrected chi connectivity index (χ0v) is 15.0. The van der Waals surface area contributed by atoms with Crippen LogP contribution in [0.1, 0.15) is 25.3 Å². The number of aryl methyl sites for hydroxylation is 1. The second kappa shape index (κ2) is 7.21. The van der Waals surface area contributed by atoms with Crippen molar-refractivity contribution >= 4 is 29.1 Å². The molecule has 1 N–H and O–H groups in total. The van der Waals surface area contributed by atoms with Gasteiger partial charge in [-0.2, -0.15) is 10.1 Å². The third-order valence-electron chi connectivity index (χ3n) is 4.23. The number of hydrogen-bond acceptors (Lipinski definition) is 6. The van der Waals surface area contributed by atoms with Gasteiger partial charge in [-0.3, -0.25) is 0 Å². The van der Waals surface area contributed by atoms with E-state index in [1.54, 1.807) is 19.4 Å². The first-order valence-corrected chi connectivity index (χ1v) is 8.50. The quantitative estimate of drug-likeness (QED) is 0.907. The Balaban J connectivity index is 1.83. The number of benzene rings is 1. The summed E-state index contributed by atoms with van der Waals surface area (Å²) < 4.78 is 5.39. The van der Waals surface area contributed by atoms with Gasteiger partial charge in [0.05, 0.1) is 19.0 Å². The SMILES string of the molecule is COc1cc(Cl)c(C)cc1Nc1cnnc(N2CCCC(C)C2)n1. The fourth-order valence-corrected chi connectivity index (χ4v) is 3.08. The molecular weight excluding hydrogens is 326 g/mol. The van der Waals surface area contributed by atoms with E-state index >= 15 is 0 Å². The molecule has 2 heterocycles. The Morgan fingerprint density at radius 1 is 1.38 bits per heavy atom. The van der Waals surface area contributed by atoms with E-state index in [9.17, 15) is 0 Å². The van der Waals surface area contributed by atoms with Gasteiger partial charge in [0.15, 0.2) is 5.82 Å². The first kappa shape index (κ1) is 16.8. The number of ether oxygens (including phenoxy) is 1. The molecule has 1 unspecified atom stereocenters. The van der Waals surface area contributed by atoms with Gasteiger partial charge in [-0.1, -0.05) is 18.5 Å². The summed E-state index contributed by atoms with van der Waals surface area (Å²) in [6.45, 7) is 6.14. The van der Waals surface area contributed by atoms with Crippen molar-refractivity contribution in [3.05, 3.63) is 28.9 Å². The van der Waals surface area contributed by atoms with E-state index in [1.807, 2.05) is 13.0 Å². The zero-order chi connectivity index (χ0) is 17.1. The van der Waals surface area contributed by atoms with Crippen LogP contribution in [0, 0.1) is 12.8 Å². The number of halogens is 1. The lowest BCUT2D eigenvalue weighted by Crippen LogP contribution is -2.35. The highest BCUT2D eigenvalue weighted by Gasteiger charge is 2.19. The first-order chi connectivity index (χ1) is 11.6. The Hall–Kier alpha value is -2.08. The second-order valence-corrected chi connectivity index (χ2v) is 6.67. The van der Waals surface area contributed by atoms with E-state index < -0.39 is 0 Å². The lowest BCUT2D eigenvalue weighted by atomic mass is 10.0. The third-order valence-corrected chi connectivity index (χ3v) is 4.64. The van der Waals surface area contributed by atoms with Crippen molar-refractivity contribution in [2.24, 2.45) is 5.92 Å². The van der Waals surface area contributed by atoms with Gasteiger partial charge >= 0.3 is 0 Å². The molecule has 6 nitrogen and oxygen atoms in total. The maximum Gasteiger partial charge on any atom is 0.247 e. The molecule has 0 spiro atoms. The molecule has 24 heavy (non-hydrogen) atoms. The summed E-state index contributed by atoms with van der Waals surface area (Å²) in [7, 11) is 1.62. The van der Waals surface area contributed by atoms with Crippen molar-refractivity contribution in [2.75, 3.05) is 30.4 Å². The highest BCUT2D eigenvalue weighted by atomic mass is 35.5. The van der Waals surface area contributed by atoms with Crippen LogP contribution in [0.3, 0.4) is 0 Å². The van der Waals surface area contributed by atoms with Gasteiger partial charge in [-0.15, -0.1) is 5.10 Å². The Kier molecular flexibility index (Phi) is 5.04. The monoisotopic (exact) mass is 347 g/mol. The molecule has 1 aromatic heterocycles. The van der Waals surface area contributed by atoms with Crippen LogP contribution in [-0.4, -0.2) is 35.4 Å². The molecule has 1 aliphatic rings. The van der Waals surface area contributed by atoms with Crippen LogP contribution in [-0.2, 0) is 0 Å².